The van der Waals surface area contributed by atoms with Crippen molar-refractivity contribution in [1.29, 1.82) is 0 Å². The Morgan fingerprint density at radius 2 is 1.93 bits per heavy atom. The number of benzene rings is 2. The van der Waals surface area contributed by atoms with Crippen molar-refractivity contribution in [2.45, 2.75) is 16.1 Å². The highest BCUT2D eigenvalue weighted by Gasteiger charge is 2.35. The van der Waals surface area contributed by atoms with Crippen LogP contribution in [0.4, 0.5) is 13.2 Å². The molecule has 0 N–H and O–H groups in total. The SMILES string of the molecule is COC(=O)c1cccnc1Sc1ccc(-c2c(Cl)cccc2C=O)c(C(F)(F)F)c1. The maximum Gasteiger partial charge on any atom is 0.417 e. The van der Waals surface area contributed by atoms with E-state index in [1.54, 1.807) is 0 Å². The van der Waals surface area contributed by atoms with Crippen molar-refractivity contribution >= 4 is 35.6 Å². The summed E-state index contributed by atoms with van der Waals surface area (Å²) >= 11 is 7.00. The zero-order valence-electron chi connectivity index (χ0n) is 15.4. The summed E-state index contributed by atoms with van der Waals surface area (Å²) in [7, 11) is 1.20. The summed E-state index contributed by atoms with van der Waals surface area (Å²) in [5, 5.41) is 0.236. The second-order valence-corrected chi connectivity index (χ2v) is 7.45. The van der Waals surface area contributed by atoms with Crippen molar-refractivity contribution in [3.05, 3.63) is 76.4 Å². The van der Waals surface area contributed by atoms with Crippen LogP contribution in [0.1, 0.15) is 26.3 Å². The highest BCUT2D eigenvalue weighted by Crippen LogP contribution is 2.43. The number of halogens is 4. The zero-order chi connectivity index (χ0) is 21.9. The lowest BCUT2D eigenvalue weighted by atomic mass is 9.95. The van der Waals surface area contributed by atoms with Gasteiger partial charge in [-0.05, 0) is 35.9 Å². The van der Waals surface area contributed by atoms with E-state index in [1.165, 1.54) is 55.8 Å². The van der Waals surface area contributed by atoms with Gasteiger partial charge in [0, 0.05) is 27.2 Å². The quantitative estimate of drug-likeness (QED) is 0.343. The van der Waals surface area contributed by atoms with Crippen LogP contribution < -0.4 is 0 Å². The van der Waals surface area contributed by atoms with Gasteiger partial charge >= 0.3 is 12.1 Å². The molecule has 0 saturated heterocycles. The Kier molecular flexibility index (Phi) is 6.48. The predicted molar refractivity (Wildman–Crippen MR) is 107 cm³/mol. The van der Waals surface area contributed by atoms with E-state index in [-0.39, 0.29) is 37.2 Å². The second kappa shape index (κ2) is 8.89. The van der Waals surface area contributed by atoms with E-state index in [1.807, 2.05) is 0 Å². The molecule has 30 heavy (non-hydrogen) atoms. The number of nitrogens with zero attached hydrogens (tertiary/aromatic N) is 1. The molecule has 1 aromatic heterocycles. The van der Waals surface area contributed by atoms with Crippen LogP contribution in [0.2, 0.25) is 5.02 Å². The van der Waals surface area contributed by atoms with Crippen molar-refractivity contribution in [2.75, 3.05) is 7.11 Å². The topological polar surface area (TPSA) is 56.3 Å². The Morgan fingerprint density at radius 3 is 2.60 bits per heavy atom. The summed E-state index contributed by atoms with van der Waals surface area (Å²) < 4.78 is 46.2. The highest BCUT2D eigenvalue weighted by atomic mass is 35.5. The predicted octanol–water partition coefficient (Wildman–Crippen LogP) is 6.17. The third-order valence-electron chi connectivity index (χ3n) is 4.13. The fourth-order valence-electron chi connectivity index (χ4n) is 2.81. The van der Waals surface area contributed by atoms with Crippen molar-refractivity contribution in [3.63, 3.8) is 0 Å². The average Bonchev–Trinajstić information content (AvgIpc) is 2.73. The molecule has 0 aliphatic carbocycles. The highest BCUT2D eigenvalue weighted by molar-refractivity contribution is 7.99. The van der Waals surface area contributed by atoms with Crippen molar-refractivity contribution in [2.24, 2.45) is 0 Å². The van der Waals surface area contributed by atoms with E-state index in [9.17, 15) is 22.8 Å². The minimum Gasteiger partial charge on any atom is -0.465 e. The number of pyridine rings is 1. The van der Waals surface area contributed by atoms with Gasteiger partial charge in [0.25, 0.3) is 0 Å². The first-order valence-corrected chi connectivity index (χ1v) is 9.62. The maximum atomic E-state index is 13.9. The van der Waals surface area contributed by atoms with Gasteiger partial charge in [0.05, 0.1) is 18.2 Å². The first kappa shape index (κ1) is 21.9. The molecule has 0 fully saturated rings. The number of carbonyl (C=O) groups excluding carboxylic acids is 2. The number of hydrogen-bond donors (Lipinski definition) is 0. The smallest absolute Gasteiger partial charge is 0.417 e. The minimum absolute atomic E-state index is 0.00567. The summed E-state index contributed by atoms with van der Waals surface area (Å²) in [6, 6.07) is 10.9. The molecule has 0 amide bonds. The Balaban J connectivity index is 2.13. The van der Waals surface area contributed by atoms with Gasteiger partial charge in [-0.2, -0.15) is 13.2 Å². The molecule has 0 atom stereocenters. The molecule has 3 rings (SSSR count). The Bertz CT molecular complexity index is 1120. The molecule has 0 bridgehead atoms. The fourth-order valence-corrected chi connectivity index (χ4v) is 4.01. The third-order valence-corrected chi connectivity index (χ3v) is 5.45. The van der Waals surface area contributed by atoms with Crippen LogP contribution in [0.3, 0.4) is 0 Å². The van der Waals surface area contributed by atoms with Gasteiger partial charge in [-0.15, -0.1) is 0 Å². The lowest BCUT2D eigenvalue weighted by Gasteiger charge is -2.17. The van der Waals surface area contributed by atoms with E-state index in [0.29, 0.717) is 6.29 Å². The molecule has 0 aliphatic rings. The summed E-state index contributed by atoms with van der Waals surface area (Å²) in [6.07, 6.45) is -2.82. The van der Waals surface area contributed by atoms with Gasteiger partial charge in [0.2, 0.25) is 0 Å². The van der Waals surface area contributed by atoms with Crippen LogP contribution in [0, 0.1) is 0 Å². The molecule has 0 saturated carbocycles. The molecule has 0 unspecified atom stereocenters. The molecule has 3 aromatic rings. The molecule has 0 spiro atoms. The first-order valence-electron chi connectivity index (χ1n) is 8.42. The molecular weight excluding hydrogens is 439 g/mol. The van der Waals surface area contributed by atoms with Crippen LogP contribution >= 0.6 is 23.4 Å². The average molecular weight is 452 g/mol. The minimum atomic E-state index is -4.71. The Morgan fingerprint density at radius 1 is 1.17 bits per heavy atom. The second-order valence-electron chi connectivity index (χ2n) is 5.98. The summed E-state index contributed by atoms with van der Waals surface area (Å²) in [5.74, 6) is -0.648. The summed E-state index contributed by atoms with van der Waals surface area (Å²) in [4.78, 5) is 27.5. The standard InChI is InChI=1S/C21H13ClF3NO3S/c1-29-20(28)15-5-3-9-26-19(15)30-13-7-8-14(16(10-13)21(23,24)25)18-12(11-27)4-2-6-17(18)22/h2-11H,1H3. The van der Waals surface area contributed by atoms with E-state index in [2.05, 4.69) is 9.72 Å². The molecule has 0 aliphatic heterocycles. The van der Waals surface area contributed by atoms with Crippen LogP contribution in [-0.2, 0) is 10.9 Å². The monoisotopic (exact) mass is 451 g/mol. The first-order chi connectivity index (χ1) is 14.3. The van der Waals surface area contributed by atoms with Gasteiger partial charge < -0.3 is 4.74 Å². The molecule has 2 aromatic carbocycles. The van der Waals surface area contributed by atoms with Crippen molar-refractivity contribution in [1.82, 2.24) is 4.98 Å². The van der Waals surface area contributed by atoms with Gasteiger partial charge in [0.1, 0.15) is 5.03 Å². The molecule has 1 heterocycles. The van der Waals surface area contributed by atoms with Crippen LogP contribution in [-0.4, -0.2) is 24.3 Å². The number of hydrogen-bond acceptors (Lipinski definition) is 5. The van der Waals surface area contributed by atoms with Crippen LogP contribution in [0.5, 0.6) is 0 Å². The fraction of sp³-hybridized carbons (Fsp3) is 0.0952. The number of methoxy groups -OCH3 is 1. The third kappa shape index (κ3) is 4.49. The van der Waals surface area contributed by atoms with E-state index < -0.39 is 17.7 Å². The normalized spacial score (nSPS) is 11.2. The Labute approximate surface area is 179 Å². The van der Waals surface area contributed by atoms with Gasteiger partial charge in [-0.1, -0.05) is 41.6 Å². The number of esters is 1. The molecule has 154 valence electrons. The van der Waals surface area contributed by atoms with Crippen molar-refractivity contribution < 1.29 is 27.5 Å². The van der Waals surface area contributed by atoms with E-state index in [0.717, 1.165) is 17.8 Å². The van der Waals surface area contributed by atoms with Gasteiger partial charge in [0.15, 0.2) is 6.29 Å². The molecule has 4 nitrogen and oxygen atoms in total. The molecular formula is C21H13ClF3NO3S. The number of alkyl halides is 3. The van der Waals surface area contributed by atoms with Crippen LogP contribution in [0.25, 0.3) is 11.1 Å². The zero-order valence-corrected chi connectivity index (χ0v) is 16.9. The van der Waals surface area contributed by atoms with Crippen LogP contribution in [0.15, 0.2) is 64.6 Å². The van der Waals surface area contributed by atoms with Crippen molar-refractivity contribution in [3.8, 4) is 11.1 Å². The number of aromatic nitrogens is 1. The number of ether oxygens (including phenoxy) is 1. The summed E-state index contributed by atoms with van der Waals surface area (Å²) in [6.45, 7) is 0. The largest absolute Gasteiger partial charge is 0.465 e. The lowest BCUT2D eigenvalue weighted by Crippen LogP contribution is -2.08. The summed E-state index contributed by atoms with van der Waals surface area (Å²) in [5.41, 5.74) is -0.984. The number of aldehydes is 1. The Hall–Kier alpha value is -2.84. The lowest BCUT2D eigenvalue weighted by molar-refractivity contribution is -0.137. The van der Waals surface area contributed by atoms with Gasteiger partial charge in [-0.25, -0.2) is 9.78 Å². The number of rotatable bonds is 5. The van der Waals surface area contributed by atoms with Gasteiger partial charge in [-0.3, -0.25) is 4.79 Å². The van der Waals surface area contributed by atoms with E-state index >= 15 is 0 Å². The molecule has 0 radical (unpaired) electrons. The van der Waals surface area contributed by atoms with E-state index in [4.69, 9.17) is 11.6 Å². The maximum absolute atomic E-state index is 13.9. The number of carbonyl (C=O) groups is 2. The molecule has 9 heteroatoms.